The Hall–Kier alpha value is -1.51. The molecule has 0 aliphatic carbocycles. The van der Waals surface area contributed by atoms with Gasteiger partial charge in [0, 0.05) is 0 Å². The number of carbonyl (C=O) groups excluding carboxylic acids is 1. The lowest BCUT2D eigenvalue weighted by Crippen LogP contribution is -2.27. The van der Waals surface area contributed by atoms with Crippen LogP contribution in [0.15, 0.2) is 24.3 Å². The summed E-state index contributed by atoms with van der Waals surface area (Å²) in [6.07, 6.45) is 0.597. The molecule has 3 nitrogen and oxygen atoms in total. The molecule has 0 unspecified atom stereocenters. The maximum Gasteiger partial charge on any atom is 0.311 e. The standard InChI is InChI=1S/C12H16O3/c1-12(2,11(14)15-3)8-9-4-6-10(13)7-5-9/h4-7,13H,8H2,1-3H3. The molecule has 0 atom stereocenters. The van der Waals surface area contributed by atoms with Gasteiger partial charge in [-0.05, 0) is 38.0 Å². The molecule has 0 radical (unpaired) electrons. The van der Waals surface area contributed by atoms with Crippen LogP contribution in [-0.4, -0.2) is 18.2 Å². The summed E-state index contributed by atoms with van der Waals surface area (Å²) in [7, 11) is 1.39. The van der Waals surface area contributed by atoms with Crippen molar-refractivity contribution in [2.24, 2.45) is 5.41 Å². The highest BCUT2D eigenvalue weighted by molar-refractivity contribution is 5.76. The number of phenolic OH excluding ortho intramolecular Hbond substituents is 1. The summed E-state index contributed by atoms with van der Waals surface area (Å²) in [5.41, 5.74) is 0.467. The van der Waals surface area contributed by atoms with Gasteiger partial charge in [0.2, 0.25) is 0 Å². The second-order valence-electron chi connectivity index (χ2n) is 4.22. The number of aromatic hydroxyl groups is 1. The molecule has 1 aromatic rings. The van der Waals surface area contributed by atoms with Gasteiger partial charge in [-0.25, -0.2) is 0 Å². The van der Waals surface area contributed by atoms with Gasteiger partial charge in [-0.1, -0.05) is 12.1 Å². The van der Waals surface area contributed by atoms with E-state index in [0.29, 0.717) is 6.42 Å². The first-order valence-electron chi connectivity index (χ1n) is 4.82. The predicted molar refractivity (Wildman–Crippen MR) is 57.6 cm³/mol. The lowest BCUT2D eigenvalue weighted by molar-refractivity contribution is -0.150. The van der Waals surface area contributed by atoms with Crippen molar-refractivity contribution in [2.75, 3.05) is 7.11 Å². The number of phenols is 1. The molecule has 0 saturated heterocycles. The van der Waals surface area contributed by atoms with Gasteiger partial charge in [-0.15, -0.1) is 0 Å². The summed E-state index contributed by atoms with van der Waals surface area (Å²) in [6.45, 7) is 3.68. The summed E-state index contributed by atoms with van der Waals surface area (Å²) in [6, 6.07) is 6.84. The van der Waals surface area contributed by atoms with Gasteiger partial charge in [0.05, 0.1) is 12.5 Å². The van der Waals surface area contributed by atoms with Crippen LogP contribution in [0.2, 0.25) is 0 Å². The van der Waals surface area contributed by atoms with Crippen molar-refractivity contribution in [2.45, 2.75) is 20.3 Å². The van der Waals surface area contributed by atoms with Crippen molar-refractivity contribution < 1.29 is 14.6 Å². The van der Waals surface area contributed by atoms with Crippen LogP contribution in [-0.2, 0) is 16.0 Å². The average molecular weight is 208 g/mol. The van der Waals surface area contributed by atoms with Crippen LogP contribution in [0, 0.1) is 5.41 Å². The molecule has 0 aliphatic heterocycles. The maximum absolute atomic E-state index is 11.4. The number of carbonyl (C=O) groups is 1. The van der Waals surface area contributed by atoms with E-state index in [-0.39, 0.29) is 11.7 Å². The summed E-state index contributed by atoms with van der Waals surface area (Å²) in [5, 5.41) is 9.12. The molecule has 3 heteroatoms. The van der Waals surface area contributed by atoms with Crippen LogP contribution >= 0.6 is 0 Å². The largest absolute Gasteiger partial charge is 0.508 e. The number of benzene rings is 1. The minimum absolute atomic E-state index is 0.226. The fraction of sp³-hybridized carbons (Fsp3) is 0.417. The first-order valence-corrected chi connectivity index (χ1v) is 4.82. The summed E-state index contributed by atoms with van der Waals surface area (Å²) >= 11 is 0. The van der Waals surface area contributed by atoms with Crippen LogP contribution in [0.25, 0.3) is 0 Å². The van der Waals surface area contributed by atoms with Crippen LogP contribution in [0.3, 0.4) is 0 Å². The van der Waals surface area contributed by atoms with Gasteiger partial charge >= 0.3 is 5.97 Å². The monoisotopic (exact) mass is 208 g/mol. The van der Waals surface area contributed by atoms with Crippen LogP contribution < -0.4 is 0 Å². The topological polar surface area (TPSA) is 46.5 Å². The van der Waals surface area contributed by atoms with Crippen molar-refractivity contribution >= 4 is 5.97 Å². The van der Waals surface area contributed by atoms with E-state index in [1.165, 1.54) is 7.11 Å². The highest BCUT2D eigenvalue weighted by Crippen LogP contribution is 2.24. The minimum Gasteiger partial charge on any atom is -0.508 e. The Bertz CT molecular complexity index is 338. The second-order valence-corrected chi connectivity index (χ2v) is 4.22. The molecule has 0 aromatic heterocycles. The highest BCUT2D eigenvalue weighted by atomic mass is 16.5. The van der Waals surface area contributed by atoms with Crippen LogP contribution in [0.5, 0.6) is 5.75 Å². The van der Waals surface area contributed by atoms with Gasteiger partial charge in [0.25, 0.3) is 0 Å². The molecule has 1 rings (SSSR count). The molecule has 1 N–H and O–H groups in total. The zero-order valence-electron chi connectivity index (χ0n) is 9.28. The van der Waals surface area contributed by atoms with Crippen molar-refractivity contribution in [3.63, 3.8) is 0 Å². The van der Waals surface area contributed by atoms with Gasteiger partial charge in [0.1, 0.15) is 5.75 Å². The molecule has 0 aliphatic rings. The Morgan fingerprint density at radius 2 is 1.87 bits per heavy atom. The third-order valence-corrected chi connectivity index (χ3v) is 2.32. The van der Waals surface area contributed by atoms with Crippen molar-refractivity contribution in [3.8, 4) is 5.75 Å². The number of ether oxygens (including phenoxy) is 1. The van der Waals surface area contributed by atoms with E-state index in [1.807, 2.05) is 13.8 Å². The van der Waals surface area contributed by atoms with Gasteiger partial charge in [-0.2, -0.15) is 0 Å². The van der Waals surface area contributed by atoms with Crippen molar-refractivity contribution in [3.05, 3.63) is 29.8 Å². The first-order chi connectivity index (χ1) is 6.95. The summed E-state index contributed by atoms with van der Waals surface area (Å²) < 4.78 is 4.72. The molecule has 0 fully saturated rings. The number of hydrogen-bond donors (Lipinski definition) is 1. The predicted octanol–water partition coefficient (Wildman–Crippen LogP) is 2.13. The average Bonchev–Trinajstić information content (AvgIpc) is 2.20. The third-order valence-electron chi connectivity index (χ3n) is 2.32. The first kappa shape index (κ1) is 11.6. The third kappa shape index (κ3) is 2.98. The Morgan fingerprint density at radius 3 is 2.33 bits per heavy atom. The number of esters is 1. The van der Waals surface area contributed by atoms with Crippen LogP contribution in [0.1, 0.15) is 19.4 Å². The van der Waals surface area contributed by atoms with Gasteiger partial charge in [-0.3, -0.25) is 4.79 Å². The number of rotatable bonds is 3. The molecule has 0 heterocycles. The van der Waals surface area contributed by atoms with E-state index in [9.17, 15) is 4.79 Å². The lowest BCUT2D eigenvalue weighted by atomic mass is 9.86. The van der Waals surface area contributed by atoms with Crippen molar-refractivity contribution in [1.29, 1.82) is 0 Å². The lowest BCUT2D eigenvalue weighted by Gasteiger charge is -2.21. The zero-order valence-corrected chi connectivity index (χ0v) is 9.28. The molecule has 0 saturated carbocycles. The Balaban J connectivity index is 2.77. The van der Waals surface area contributed by atoms with E-state index in [4.69, 9.17) is 9.84 Å². The van der Waals surface area contributed by atoms with Gasteiger partial charge < -0.3 is 9.84 Å². The fourth-order valence-corrected chi connectivity index (χ4v) is 1.47. The molecule has 0 amide bonds. The van der Waals surface area contributed by atoms with E-state index >= 15 is 0 Å². The smallest absolute Gasteiger partial charge is 0.311 e. The number of methoxy groups -OCH3 is 1. The molecule has 15 heavy (non-hydrogen) atoms. The minimum atomic E-state index is -0.536. The molecule has 0 bridgehead atoms. The number of hydrogen-bond acceptors (Lipinski definition) is 3. The molecular formula is C12H16O3. The quantitative estimate of drug-likeness (QED) is 0.774. The van der Waals surface area contributed by atoms with Gasteiger partial charge in [0.15, 0.2) is 0 Å². The molecule has 0 spiro atoms. The Kier molecular flexibility index (Phi) is 3.35. The van der Waals surface area contributed by atoms with E-state index < -0.39 is 5.41 Å². The zero-order chi connectivity index (χ0) is 11.5. The normalized spacial score (nSPS) is 11.1. The highest BCUT2D eigenvalue weighted by Gasteiger charge is 2.28. The van der Waals surface area contributed by atoms with E-state index in [0.717, 1.165) is 5.56 Å². The fourth-order valence-electron chi connectivity index (χ4n) is 1.47. The summed E-state index contributed by atoms with van der Waals surface area (Å²) in [5.74, 6) is 0.00481. The molecule has 1 aromatic carbocycles. The Morgan fingerprint density at radius 1 is 1.33 bits per heavy atom. The van der Waals surface area contributed by atoms with Crippen molar-refractivity contribution in [1.82, 2.24) is 0 Å². The molecular weight excluding hydrogens is 192 g/mol. The van der Waals surface area contributed by atoms with E-state index in [1.54, 1.807) is 24.3 Å². The second kappa shape index (κ2) is 4.34. The Labute approximate surface area is 89.7 Å². The maximum atomic E-state index is 11.4. The van der Waals surface area contributed by atoms with E-state index in [2.05, 4.69) is 0 Å². The SMILES string of the molecule is COC(=O)C(C)(C)Cc1ccc(O)cc1. The molecule has 82 valence electrons. The summed E-state index contributed by atoms with van der Waals surface area (Å²) in [4.78, 5) is 11.4. The van der Waals surface area contributed by atoms with Crippen LogP contribution in [0.4, 0.5) is 0 Å².